The van der Waals surface area contributed by atoms with E-state index in [4.69, 9.17) is 10.3 Å². The number of likely N-dealkylation sites (N-methyl/N-ethyl adjacent to an activating group) is 1. The zero-order valence-electron chi connectivity index (χ0n) is 19.1. The van der Waals surface area contributed by atoms with Crippen LogP contribution in [0.25, 0.3) is 5.70 Å². The van der Waals surface area contributed by atoms with Crippen molar-refractivity contribution in [3.05, 3.63) is 77.6 Å². The van der Waals surface area contributed by atoms with E-state index in [-0.39, 0.29) is 12.4 Å². The third kappa shape index (κ3) is 4.95. The zero-order valence-corrected chi connectivity index (χ0v) is 19.1. The Bertz CT molecular complexity index is 1320. The van der Waals surface area contributed by atoms with Crippen LogP contribution in [0.2, 0.25) is 0 Å². The lowest BCUT2D eigenvalue weighted by atomic mass is 10.0. The molecule has 4 rings (SSSR count). The first-order chi connectivity index (χ1) is 17.4. The highest BCUT2D eigenvalue weighted by atomic mass is 19.4. The number of hydrogen-bond acceptors (Lipinski definition) is 9. The summed E-state index contributed by atoms with van der Waals surface area (Å²) in [5, 5.41) is 18.9. The van der Waals surface area contributed by atoms with Gasteiger partial charge >= 0.3 is 6.18 Å². The first-order valence-electron chi connectivity index (χ1n) is 10.6. The van der Waals surface area contributed by atoms with Gasteiger partial charge in [0.05, 0.1) is 25.0 Å². The van der Waals surface area contributed by atoms with Crippen LogP contribution in [0.4, 0.5) is 27.8 Å². The van der Waals surface area contributed by atoms with E-state index in [1.807, 2.05) is 5.32 Å². The van der Waals surface area contributed by atoms with Crippen LogP contribution in [-0.4, -0.2) is 61.5 Å². The molecule has 0 saturated heterocycles. The number of nitrogens with zero attached hydrogens (tertiary/aromatic N) is 5. The predicted octanol–water partition coefficient (Wildman–Crippen LogP) is 2.38. The van der Waals surface area contributed by atoms with Gasteiger partial charge in [-0.3, -0.25) is 9.80 Å². The second-order valence-electron chi connectivity index (χ2n) is 8.10. The molecule has 0 aliphatic carbocycles. The minimum atomic E-state index is -5.42. The second-order valence-corrected chi connectivity index (χ2v) is 8.10. The van der Waals surface area contributed by atoms with Crippen LogP contribution in [0.3, 0.4) is 0 Å². The molecule has 0 fully saturated rings. The summed E-state index contributed by atoms with van der Waals surface area (Å²) in [7, 11) is 1.62. The van der Waals surface area contributed by atoms with Crippen molar-refractivity contribution in [3.63, 3.8) is 0 Å². The summed E-state index contributed by atoms with van der Waals surface area (Å²) < 4.78 is 73.2. The maximum Gasteiger partial charge on any atom is 0.428 e. The number of nitrogens with one attached hydrogen (secondary N) is 1. The lowest BCUT2D eigenvalue weighted by molar-refractivity contribution is -0.245. The molecule has 1 aliphatic heterocycles. The number of aromatic nitrogens is 3. The third-order valence-corrected chi connectivity index (χ3v) is 5.77. The average molecular weight is 525 g/mol. The van der Waals surface area contributed by atoms with Gasteiger partial charge in [-0.15, -0.1) is 0 Å². The molecule has 0 saturated carbocycles. The van der Waals surface area contributed by atoms with Gasteiger partial charge in [0.15, 0.2) is 17.5 Å². The standard InChI is InChI=1S/C22H20F5N7O3/c1-33-17(8-16(15-6-7-37-32-15)34(33)10-12-4-2-3-5-13(12)23)19-29-9-14(24)18(31-19)30-11-21(36,20(28)35)22(25,26)27/h2-9,17,36H,10-11H2,1H3,(H2,28,35)(H,29,30,31). The summed E-state index contributed by atoms with van der Waals surface area (Å²) >= 11 is 0. The molecule has 0 bridgehead atoms. The van der Waals surface area contributed by atoms with Gasteiger partial charge in [0.2, 0.25) is 0 Å². The molecule has 0 radical (unpaired) electrons. The minimum Gasteiger partial charge on any atom is -0.371 e. The normalized spacial score (nSPS) is 18.0. The fraction of sp³-hybridized carbons (Fsp3) is 0.273. The number of halogens is 5. The summed E-state index contributed by atoms with van der Waals surface area (Å²) in [5.41, 5.74) is 1.98. The van der Waals surface area contributed by atoms with Crippen molar-refractivity contribution >= 4 is 17.4 Å². The first kappa shape index (κ1) is 26.0. The smallest absolute Gasteiger partial charge is 0.371 e. The minimum absolute atomic E-state index is 0.0574. The number of benzene rings is 1. The van der Waals surface area contributed by atoms with E-state index in [1.165, 1.54) is 12.3 Å². The fourth-order valence-electron chi connectivity index (χ4n) is 3.64. The van der Waals surface area contributed by atoms with Crippen LogP contribution < -0.4 is 11.1 Å². The van der Waals surface area contributed by atoms with E-state index in [2.05, 4.69) is 15.1 Å². The fourth-order valence-corrected chi connectivity index (χ4v) is 3.64. The number of carbonyl (C=O) groups is 1. The Morgan fingerprint density at radius 2 is 1.95 bits per heavy atom. The molecule has 1 amide bonds. The molecule has 37 heavy (non-hydrogen) atoms. The van der Waals surface area contributed by atoms with Crippen LogP contribution >= 0.6 is 0 Å². The summed E-state index contributed by atoms with van der Waals surface area (Å²) in [6.45, 7) is -1.43. The van der Waals surface area contributed by atoms with Crippen molar-refractivity contribution in [1.29, 1.82) is 0 Å². The third-order valence-electron chi connectivity index (χ3n) is 5.77. The molecule has 2 atom stereocenters. The Kier molecular flexibility index (Phi) is 6.84. The van der Waals surface area contributed by atoms with Crippen LogP contribution in [-0.2, 0) is 11.3 Å². The van der Waals surface area contributed by atoms with Crippen LogP contribution in [0, 0.1) is 11.6 Å². The summed E-state index contributed by atoms with van der Waals surface area (Å²) in [4.78, 5) is 19.2. The number of amides is 1. The van der Waals surface area contributed by atoms with E-state index in [0.29, 0.717) is 17.0 Å². The molecule has 3 aromatic rings. The van der Waals surface area contributed by atoms with Crippen molar-refractivity contribution in [2.24, 2.45) is 5.73 Å². The monoisotopic (exact) mass is 525 g/mol. The number of hydrogen-bond donors (Lipinski definition) is 3. The number of nitrogens with two attached hydrogens (primary N) is 1. The molecule has 1 aromatic carbocycles. The van der Waals surface area contributed by atoms with Gasteiger partial charge in [-0.25, -0.2) is 23.8 Å². The summed E-state index contributed by atoms with van der Waals surface area (Å²) in [5.74, 6) is -4.41. The Balaban J connectivity index is 1.65. The molecule has 3 heterocycles. The van der Waals surface area contributed by atoms with Crippen molar-refractivity contribution in [2.75, 3.05) is 18.9 Å². The lowest BCUT2D eigenvalue weighted by Gasteiger charge is -2.32. The molecule has 0 spiro atoms. The Morgan fingerprint density at radius 3 is 2.57 bits per heavy atom. The Labute approximate surface area is 206 Å². The highest BCUT2D eigenvalue weighted by Gasteiger charge is 2.58. The molecule has 196 valence electrons. The number of rotatable bonds is 8. The molecule has 2 unspecified atom stereocenters. The zero-order chi connectivity index (χ0) is 27.0. The number of carbonyl (C=O) groups excluding carboxylic acids is 1. The molecule has 1 aliphatic rings. The first-order valence-corrected chi connectivity index (χ1v) is 10.6. The van der Waals surface area contributed by atoms with Gasteiger partial charge in [-0.05, 0) is 12.1 Å². The van der Waals surface area contributed by atoms with E-state index in [0.717, 1.165) is 6.20 Å². The summed E-state index contributed by atoms with van der Waals surface area (Å²) in [6.07, 6.45) is -1.74. The van der Waals surface area contributed by atoms with Crippen molar-refractivity contribution in [3.8, 4) is 0 Å². The largest absolute Gasteiger partial charge is 0.428 e. The number of alkyl halides is 3. The second kappa shape index (κ2) is 9.74. The molecular formula is C22H20F5N7O3. The number of primary amides is 1. The molecule has 15 heteroatoms. The number of hydrazine groups is 1. The number of aliphatic hydroxyl groups is 1. The quantitative estimate of drug-likeness (QED) is 0.379. The Morgan fingerprint density at radius 1 is 1.22 bits per heavy atom. The highest BCUT2D eigenvalue weighted by molar-refractivity contribution is 5.85. The van der Waals surface area contributed by atoms with Crippen LogP contribution in [0.1, 0.15) is 23.1 Å². The van der Waals surface area contributed by atoms with E-state index in [1.54, 1.807) is 47.4 Å². The van der Waals surface area contributed by atoms with Gasteiger partial charge in [0, 0.05) is 18.7 Å². The van der Waals surface area contributed by atoms with Gasteiger partial charge in [-0.2, -0.15) is 13.2 Å². The number of anilines is 1. The van der Waals surface area contributed by atoms with E-state index in [9.17, 15) is 31.9 Å². The predicted molar refractivity (Wildman–Crippen MR) is 118 cm³/mol. The van der Waals surface area contributed by atoms with Gasteiger partial charge in [0.25, 0.3) is 11.5 Å². The van der Waals surface area contributed by atoms with Gasteiger partial charge in [-0.1, -0.05) is 23.4 Å². The van der Waals surface area contributed by atoms with Crippen LogP contribution in [0.5, 0.6) is 0 Å². The maximum atomic E-state index is 14.4. The SMILES string of the molecule is CN1C(c2ncc(F)c(NCC(O)(C(N)=O)C(F)(F)F)n2)C=C(c2ccon2)N1Cc1ccccc1F. The van der Waals surface area contributed by atoms with Crippen LogP contribution in [0.15, 0.2) is 53.4 Å². The summed E-state index contributed by atoms with van der Waals surface area (Å²) in [6, 6.07) is 6.88. The van der Waals surface area contributed by atoms with Gasteiger partial charge in [0.1, 0.15) is 23.8 Å². The lowest BCUT2D eigenvalue weighted by Crippen LogP contribution is -2.59. The molecule has 4 N–H and O–H groups in total. The highest BCUT2D eigenvalue weighted by Crippen LogP contribution is 2.37. The molecule has 10 nitrogen and oxygen atoms in total. The maximum absolute atomic E-state index is 14.4. The van der Waals surface area contributed by atoms with E-state index < -0.39 is 47.7 Å². The molecular weight excluding hydrogens is 505 g/mol. The van der Waals surface area contributed by atoms with E-state index >= 15 is 0 Å². The average Bonchev–Trinajstić information content (AvgIpc) is 3.48. The topological polar surface area (TPSA) is 134 Å². The Hall–Kier alpha value is -4.11. The van der Waals surface area contributed by atoms with Gasteiger partial charge < -0.3 is 20.7 Å². The van der Waals surface area contributed by atoms with Crippen molar-refractivity contribution in [1.82, 2.24) is 25.1 Å². The molecule has 2 aromatic heterocycles. The van der Waals surface area contributed by atoms with Crippen molar-refractivity contribution in [2.45, 2.75) is 24.4 Å². The van der Waals surface area contributed by atoms with Crippen molar-refractivity contribution < 1.29 is 36.4 Å².